The lowest BCUT2D eigenvalue weighted by Gasteiger charge is -2.66. The molecule has 0 spiro atoms. The fourth-order valence-corrected chi connectivity index (χ4v) is 9.22. The molecule has 0 aliphatic heterocycles. The van der Waals surface area contributed by atoms with Gasteiger partial charge in [0.2, 0.25) is 0 Å². The van der Waals surface area contributed by atoms with Gasteiger partial charge in [-0.15, -0.1) is 0 Å². The summed E-state index contributed by atoms with van der Waals surface area (Å²) in [5.74, 6) is 4.96. The first-order chi connectivity index (χ1) is 11.8. The molecular formula is C25H44. The van der Waals surface area contributed by atoms with Gasteiger partial charge in [0.1, 0.15) is 0 Å². The van der Waals surface area contributed by atoms with Gasteiger partial charge < -0.3 is 0 Å². The highest BCUT2D eigenvalue weighted by Gasteiger charge is 2.62. The number of rotatable bonds is 1. The highest BCUT2D eigenvalue weighted by atomic mass is 14.7. The lowest BCUT2D eigenvalue weighted by molar-refractivity contribution is -0.171. The van der Waals surface area contributed by atoms with E-state index in [0.29, 0.717) is 16.2 Å². The number of hydrogen-bond acceptors (Lipinski definition) is 0. The van der Waals surface area contributed by atoms with Crippen LogP contribution in [0.25, 0.3) is 0 Å². The second-order valence-electron chi connectivity index (χ2n) is 11.8. The molecule has 0 heteroatoms. The van der Waals surface area contributed by atoms with Crippen molar-refractivity contribution in [2.75, 3.05) is 0 Å². The maximum atomic E-state index is 2.79. The van der Waals surface area contributed by atoms with Crippen molar-refractivity contribution in [3.8, 4) is 0 Å². The monoisotopic (exact) mass is 344 g/mol. The third kappa shape index (κ3) is 2.59. The second kappa shape index (κ2) is 6.27. The van der Waals surface area contributed by atoms with E-state index in [0.717, 1.165) is 29.6 Å². The Kier molecular flexibility index (Phi) is 4.61. The van der Waals surface area contributed by atoms with Gasteiger partial charge in [0.05, 0.1) is 0 Å². The average molecular weight is 345 g/mol. The number of hydrogen-bond donors (Lipinski definition) is 0. The molecule has 0 N–H and O–H groups in total. The van der Waals surface area contributed by atoms with Crippen molar-refractivity contribution in [1.29, 1.82) is 0 Å². The lowest BCUT2D eigenvalue weighted by atomic mass is 9.39. The van der Waals surface area contributed by atoms with Crippen molar-refractivity contribution in [3.63, 3.8) is 0 Å². The Labute approximate surface area is 157 Å². The molecule has 0 radical (unpaired) electrons. The molecule has 144 valence electrons. The Morgan fingerprint density at radius 2 is 1.56 bits per heavy atom. The van der Waals surface area contributed by atoms with Crippen molar-refractivity contribution < 1.29 is 0 Å². The summed E-state index contributed by atoms with van der Waals surface area (Å²) >= 11 is 0. The Balaban J connectivity index is 1.71. The molecule has 0 amide bonds. The maximum absolute atomic E-state index is 2.79. The van der Waals surface area contributed by atoms with Crippen LogP contribution in [0, 0.1) is 45.8 Å². The van der Waals surface area contributed by atoms with E-state index < -0.39 is 0 Å². The quantitative estimate of drug-likeness (QED) is 0.454. The van der Waals surface area contributed by atoms with Crippen molar-refractivity contribution >= 4 is 0 Å². The molecule has 4 rings (SSSR count). The Morgan fingerprint density at radius 1 is 0.760 bits per heavy atom. The predicted molar refractivity (Wildman–Crippen MR) is 109 cm³/mol. The van der Waals surface area contributed by atoms with E-state index in [1.807, 2.05) is 0 Å². The van der Waals surface area contributed by atoms with Crippen LogP contribution in [0.1, 0.15) is 112 Å². The van der Waals surface area contributed by atoms with Crippen molar-refractivity contribution in [2.45, 2.75) is 112 Å². The van der Waals surface area contributed by atoms with Gasteiger partial charge in [-0.1, -0.05) is 60.3 Å². The molecule has 4 aliphatic rings. The largest absolute Gasteiger partial charge is 0.0625 e. The summed E-state index contributed by atoms with van der Waals surface area (Å²) < 4.78 is 0. The molecule has 4 saturated carbocycles. The fourth-order valence-electron chi connectivity index (χ4n) is 9.22. The molecule has 0 nitrogen and oxygen atoms in total. The van der Waals surface area contributed by atoms with E-state index in [1.165, 1.54) is 51.4 Å². The number of fused-ring (bicyclic) bond motifs is 5. The second-order valence-corrected chi connectivity index (χ2v) is 11.8. The molecule has 7 unspecified atom stereocenters. The maximum Gasteiger partial charge on any atom is -0.0215 e. The Morgan fingerprint density at radius 3 is 2.32 bits per heavy atom. The van der Waals surface area contributed by atoms with Crippen molar-refractivity contribution in [3.05, 3.63) is 0 Å². The molecule has 4 fully saturated rings. The highest BCUT2D eigenvalue weighted by Crippen LogP contribution is 2.70. The SMILES string of the molecule is CC1CCCC2(C)C3CCC4(C)CCCCC4C3CCC2(C(C)C)C1. The minimum Gasteiger partial charge on any atom is -0.0625 e. The average Bonchev–Trinajstić information content (AvgIpc) is 2.70. The van der Waals surface area contributed by atoms with E-state index in [9.17, 15) is 0 Å². The molecule has 0 bridgehead atoms. The Hall–Kier alpha value is 0. The smallest absolute Gasteiger partial charge is 0.0215 e. The first-order valence-corrected chi connectivity index (χ1v) is 11.8. The minimum atomic E-state index is 0.619. The lowest BCUT2D eigenvalue weighted by Crippen LogP contribution is -2.58. The topological polar surface area (TPSA) is 0 Å². The molecule has 0 aromatic carbocycles. The van der Waals surface area contributed by atoms with Gasteiger partial charge in [-0.05, 0) is 97.2 Å². The first kappa shape index (κ1) is 18.4. The fraction of sp³-hybridized carbons (Fsp3) is 1.00. The standard InChI is InChI=1S/C25H44/c1-18(2)25-16-11-20-21-10-6-7-13-23(21,4)15-12-22(20)24(25,5)14-8-9-19(3)17-25/h18-22H,6-17H2,1-5H3. The summed E-state index contributed by atoms with van der Waals surface area (Å²) in [6.45, 7) is 13.2. The predicted octanol–water partition coefficient (Wildman–Crippen LogP) is 7.86. The van der Waals surface area contributed by atoms with Crippen LogP contribution in [0.3, 0.4) is 0 Å². The molecule has 0 saturated heterocycles. The van der Waals surface area contributed by atoms with Gasteiger partial charge in [-0.3, -0.25) is 0 Å². The Bertz CT molecular complexity index is 492. The molecule has 25 heavy (non-hydrogen) atoms. The molecule has 0 aromatic heterocycles. The normalized spacial score (nSPS) is 53.5. The van der Waals surface area contributed by atoms with Crippen LogP contribution in [0.5, 0.6) is 0 Å². The van der Waals surface area contributed by atoms with Crippen molar-refractivity contribution in [2.24, 2.45) is 45.8 Å². The van der Waals surface area contributed by atoms with Gasteiger partial charge in [-0.2, -0.15) is 0 Å². The molecule has 0 aromatic rings. The molecule has 7 atom stereocenters. The van der Waals surface area contributed by atoms with Gasteiger partial charge in [0.25, 0.3) is 0 Å². The summed E-state index contributed by atoms with van der Waals surface area (Å²) in [6.07, 6.45) is 18.3. The molecule has 4 aliphatic carbocycles. The summed E-state index contributed by atoms with van der Waals surface area (Å²) in [4.78, 5) is 0. The van der Waals surface area contributed by atoms with Gasteiger partial charge in [-0.25, -0.2) is 0 Å². The van der Waals surface area contributed by atoms with Crippen molar-refractivity contribution in [1.82, 2.24) is 0 Å². The summed E-state index contributed by atoms with van der Waals surface area (Å²) in [5.41, 5.74) is 1.95. The van der Waals surface area contributed by atoms with E-state index in [1.54, 1.807) is 25.7 Å². The van der Waals surface area contributed by atoms with Crippen LogP contribution in [0.15, 0.2) is 0 Å². The van der Waals surface area contributed by atoms with Crippen LogP contribution in [0.4, 0.5) is 0 Å². The van der Waals surface area contributed by atoms with Gasteiger partial charge in [0, 0.05) is 0 Å². The van der Waals surface area contributed by atoms with Crippen LogP contribution in [-0.4, -0.2) is 0 Å². The van der Waals surface area contributed by atoms with Crippen LogP contribution < -0.4 is 0 Å². The van der Waals surface area contributed by atoms with Crippen LogP contribution in [-0.2, 0) is 0 Å². The minimum absolute atomic E-state index is 0.619. The zero-order chi connectivity index (χ0) is 17.9. The van der Waals surface area contributed by atoms with Gasteiger partial charge >= 0.3 is 0 Å². The zero-order valence-corrected chi connectivity index (χ0v) is 17.9. The summed E-state index contributed by atoms with van der Waals surface area (Å²) in [5, 5.41) is 0. The van der Waals surface area contributed by atoms with E-state index in [4.69, 9.17) is 0 Å². The first-order valence-electron chi connectivity index (χ1n) is 11.8. The third-order valence-electron chi connectivity index (χ3n) is 10.6. The van der Waals surface area contributed by atoms with Crippen LogP contribution in [0.2, 0.25) is 0 Å². The van der Waals surface area contributed by atoms with E-state index in [2.05, 4.69) is 34.6 Å². The van der Waals surface area contributed by atoms with E-state index in [-0.39, 0.29) is 0 Å². The zero-order valence-electron chi connectivity index (χ0n) is 17.9. The molecular weight excluding hydrogens is 300 g/mol. The van der Waals surface area contributed by atoms with Gasteiger partial charge in [0.15, 0.2) is 0 Å². The van der Waals surface area contributed by atoms with E-state index >= 15 is 0 Å². The highest BCUT2D eigenvalue weighted by molar-refractivity contribution is 5.11. The molecule has 0 heterocycles. The summed E-state index contributed by atoms with van der Waals surface area (Å²) in [7, 11) is 0. The summed E-state index contributed by atoms with van der Waals surface area (Å²) in [6, 6.07) is 0. The van der Waals surface area contributed by atoms with Crippen LogP contribution >= 0.6 is 0 Å². The third-order valence-corrected chi connectivity index (χ3v) is 10.6.